The van der Waals surface area contributed by atoms with E-state index in [9.17, 15) is 4.79 Å². The van der Waals surface area contributed by atoms with Crippen LogP contribution in [0.3, 0.4) is 0 Å². The summed E-state index contributed by atoms with van der Waals surface area (Å²) in [7, 11) is 3.34. The maximum absolute atomic E-state index is 13.4. The number of halogens is 1. The van der Waals surface area contributed by atoms with Crippen LogP contribution in [-0.4, -0.2) is 72.6 Å². The molecule has 0 saturated carbocycles. The monoisotopic (exact) mass is 629 g/mol. The first-order valence-electron chi connectivity index (χ1n) is 14.7. The number of methoxy groups -OCH3 is 2. The number of para-hydroxylation sites is 2. The summed E-state index contributed by atoms with van der Waals surface area (Å²) in [6.45, 7) is 4.83. The number of carbonyl (C=O) groups excluding carboxylic acids is 1. The van der Waals surface area contributed by atoms with Crippen LogP contribution < -0.4 is 14.4 Å². The third-order valence-electron chi connectivity index (χ3n) is 8.15. The second kappa shape index (κ2) is 13.7. The van der Waals surface area contributed by atoms with Crippen LogP contribution in [0.4, 0.5) is 5.69 Å². The Bertz CT molecular complexity index is 1730. The first-order valence-corrected chi connectivity index (χ1v) is 16.0. The summed E-state index contributed by atoms with van der Waals surface area (Å²) in [4.78, 5) is 28.1. The topological polar surface area (TPSA) is 73.9 Å². The molecule has 0 radical (unpaired) electrons. The summed E-state index contributed by atoms with van der Waals surface area (Å²) in [5, 5.41) is 4.78. The number of fused-ring (bicyclic) bond motifs is 1. The lowest BCUT2D eigenvalue weighted by Gasteiger charge is -2.36. The molecule has 3 heterocycles. The van der Waals surface area contributed by atoms with E-state index < -0.39 is 0 Å². The fourth-order valence-corrected chi connectivity index (χ4v) is 6.81. The first kappa shape index (κ1) is 30.0. The zero-order chi connectivity index (χ0) is 30.5. The molecule has 0 aliphatic carbocycles. The van der Waals surface area contributed by atoms with Crippen molar-refractivity contribution in [2.45, 2.75) is 19.5 Å². The number of aromatic amines is 1. The first-order chi connectivity index (χ1) is 21.5. The second-order valence-electron chi connectivity index (χ2n) is 10.9. The number of rotatable bonds is 11. The lowest BCUT2D eigenvalue weighted by Crippen LogP contribution is -2.49. The van der Waals surface area contributed by atoms with Gasteiger partial charge >= 0.3 is 0 Å². The Morgan fingerprint density at radius 3 is 2.57 bits per heavy atom. The summed E-state index contributed by atoms with van der Waals surface area (Å²) in [6.07, 6.45) is 2.97. The average molecular weight is 630 g/mol. The Kier molecular flexibility index (Phi) is 9.35. The molecule has 1 amide bonds. The second-order valence-corrected chi connectivity index (χ2v) is 12.2. The molecular weight excluding hydrogens is 594 g/mol. The van der Waals surface area contributed by atoms with E-state index >= 15 is 0 Å². The van der Waals surface area contributed by atoms with Gasteiger partial charge in [-0.3, -0.25) is 9.69 Å². The molecule has 8 nitrogen and oxygen atoms in total. The predicted octanol–water partition coefficient (Wildman–Crippen LogP) is 6.50. The van der Waals surface area contributed by atoms with Crippen LogP contribution in [0, 0.1) is 0 Å². The number of thiazole rings is 1. The van der Waals surface area contributed by atoms with Gasteiger partial charge in [-0.15, -0.1) is 11.3 Å². The zero-order valence-electron chi connectivity index (χ0n) is 25.0. The van der Waals surface area contributed by atoms with E-state index in [0.717, 1.165) is 64.4 Å². The minimum Gasteiger partial charge on any atom is -0.497 e. The maximum Gasteiger partial charge on any atom is 0.273 e. The molecular formula is C34H36ClN5O3S. The Hall–Kier alpha value is -4.05. The van der Waals surface area contributed by atoms with Crippen molar-refractivity contribution in [3.8, 4) is 11.5 Å². The number of nitrogens with one attached hydrogen (secondary N) is 1. The highest BCUT2D eigenvalue weighted by Gasteiger charge is 2.25. The largest absolute Gasteiger partial charge is 0.497 e. The smallest absolute Gasteiger partial charge is 0.273 e. The van der Waals surface area contributed by atoms with Gasteiger partial charge in [0.2, 0.25) is 0 Å². The van der Waals surface area contributed by atoms with Crippen molar-refractivity contribution in [1.82, 2.24) is 19.8 Å². The number of amides is 1. The maximum atomic E-state index is 13.4. The van der Waals surface area contributed by atoms with Crippen LogP contribution in [0.2, 0.25) is 5.02 Å². The van der Waals surface area contributed by atoms with Gasteiger partial charge in [-0.2, -0.15) is 0 Å². The third kappa shape index (κ3) is 6.70. The quantitative estimate of drug-likeness (QED) is 0.180. The number of carbonyl (C=O) groups is 1. The standard InChI is InChI=1S/C34H36ClN5O3S/c1-42-26-12-11-25(32(19-26)43-2)21-38(14-13-24-20-36-29-9-5-3-7-27(24)29)22-33-37-30(23-44-33)34(41)40-17-15-39(16-18-40)31-10-6-4-8-28(31)35/h3-12,19-20,23,36H,13-18,21-22H2,1-2H3. The highest BCUT2D eigenvalue weighted by Crippen LogP contribution is 2.28. The average Bonchev–Trinajstić information content (AvgIpc) is 3.71. The van der Waals surface area contributed by atoms with Gasteiger partial charge in [0, 0.05) is 73.4 Å². The molecule has 1 aliphatic rings. The number of aromatic nitrogens is 2. The Morgan fingerprint density at radius 2 is 1.77 bits per heavy atom. The molecule has 6 rings (SSSR count). The number of piperazine rings is 1. The van der Waals surface area contributed by atoms with E-state index in [1.54, 1.807) is 14.2 Å². The van der Waals surface area contributed by atoms with Crippen LogP contribution in [0.25, 0.3) is 10.9 Å². The Morgan fingerprint density at radius 1 is 0.977 bits per heavy atom. The molecule has 0 bridgehead atoms. The van der Waals surface area contributed by atoms with E-state index in [-0.39, 0.29) is 5.91 Å². The van der Waals surface area contributed by atoms with Crippen molar-refractivity contribution in [2.75, 3.05) is 51.8 Å². The van der Waals surface area contributed by atoms with Gasteiger partial charge < -0.3 is 24.3 Å². The summed E-state index contributed by atoms with van der Waals surface area (Å²) >= 11 is 7.94. The summed E-state index contributed by atoms with van der Waals surface area (Å²) in [6, 6.07) is 22.2. The van der Waals surface area contributed by atoms with Gasteiger partial charge in [0.05, 0.1) is 31.5 Å². The number of nitrogens with zero attached hydrogens (tertiary/aromatic N) is 4. The van der Waals surface area contributed by atoms with Gasteiger partial charge in [-0.1, -0.05) is 48.0 Å². The molecule has 0 spiro atoms. The van der Waals surface area contributed by atoms with Crippen LogP contribution in [0.1, 0.15) is 26.6 Å². The number of ether oxygens (including phenoxy) is 2. The van der Waals surface area contributed by atoms with Crippen LogP contribution >= 0.6 is 22.9 Å². The molecule has 5 aromatic rings. The van der Waals surface area contributed by atoms with Crippen molar-refractivity contribution < 1.29 is 14.3 Å². The molecule has 44 heavy (non-hydrogen) atoms. The van der Waals surface area contributed by atoms with Crippen molar-refractivity contribution >= 4 is 45.4 Å². The van der Waals surface area contributed by atoms with E-state index in [1.165, 1.54) is 22.3 Å². The number of hydrogen-bond acceptors (Lipinski definition) is 7. The van der Waals surface area contributed by atoms with Crippen LogP contribution in [-0.2, 0) is 19.5 Å². The Balaban J connectivity index is 1.15. The van der Waals surface area contributed by atoms with Crippen molar-refractivity contribution in [3.63, 3.8) is 0 Å². The van der Waals surface area contributed by atoms with Gasteiger partial charge in [-0.25, -0.2) is 4.98 Å². The van der Waals surface area contributed by atoms with E-state index in [4.69, 9.17) is 26.1 Å². The number of H-pyrrole nitrogens is 1. The van der Waals surface area contributed by atoms with Crippen LogP contribution in [0.5, 0.6) is 11.5 Å². The van der Waals surface area contributed by atoms with Crippen molar-refractivity contribution in [3.05, 3.63) is 105 Å². The molecule has 10 heteroatoms. The van der Waals surface area contributed by atoms with Gasteiger partial charge in [0.1, 0.15) is 22.2 Å². The minimum absolute atomic E-state index is 0.0199. The minimum atomic E-state index is -0.0199. The van der Waals surface area contributed by atoms with E-state index in [1.807, 2.05) is 52.7 Å². The molecule has 3 aromatic carbocycles. The molecule has 1 fully saturated rings. The molecule has 1 aliphatic heterocycles. The van der Waals surface area contributed by atoms with Crippen molar-refractivity contribution in [2.24, 2.45) is 0 Å². The van der Waals surface area contributed by atoms with Crippen LogP contribution in [0.15, 0.2) is 78.3 Å². The highest BCUT2D eigenvalue weighted by molar-refractivity contribution is 7.09. The van der Waals surface area contributed by atoms with Gasteiger partial charge in [0.25, 0.3) is 5.91 Å². The lowest BCUT2D eigenvalue weighted by atomic mass is 10.1. The molecule has 228 valence electrons. The third-order valence-corrected chi connectivity index (χ3v) is 9.30. The SMILES string of the molecule is COc1ccc(CN(CCc2c[nH]c3ccccc23)Cc2nc(C(=O)N3CCN(c4ccccc4Cl)CC3)cs2)c(OC)c1. The predicted molar refractivity (Wildman–Crippen MR) is 177 cm³/mol. The molecule has 2 aromatic heterocycles. The van der Waals surface area contributed by atoms with Crippen molar-refractivity contribution in [1.29, 1.82) is 0 Å². The summed E-state index contributed by atoms with van der Waals surface area (Å²) in [5.41, 5.74) is 5.00. The number of benzene rings is 3. The summed E-state index contributed by atoms with van der Waals surface area (Å²) < 4.78 is 11.1. The van der Waals surface area contributed by atoms with E-state index in [0.29, 0.717) is 31.9 Å². The number of anilines is 1. The molecule has 1 saturated heterocycles. The van der Waals surface area contributed by atoms with Gasteiger partial charge in [-0.05, 0) is 36.2 Å². The van der Waals surface area contributed by atoms with E-state index in [2.05, 4.69) is 45.2 Å². The fourth-order valence-electron chi connectivity index (χ4n) is 5.75. The number of hydrogen-bond donors (Lipinski definition) is 1. The lowest BCUT2D eigenvalue weighted by molar-refractivity contribution is 0.0741. The molecule has 0 atom stereocenters. The summed E-state index contributed by atoms with van der Waals surface area (Å²) in [5.74, 6) is 1.52. The zero-order valence-corrected chi connectivity index (χ0v) is 26.5. The molecule has 0 unspecified atom stereocenters. The normalized spacial score (nSPS) is 13.5. The van der Waals surface area contributed by atoms with Gasteiger partial charge in [0.15, 0.2) is 0 Å². The Labute approximate surface area is 266 Å². The molecule has 1 N–H and O–H groups in total. The highest BCUT2D eigenvalue weighted by atomic mass is 35.5. The fraction of sp³-hybridized carbons (Fsp3) is 0.294.